The van der Waals surface area contributed by atoms with Crippen LogP contribution in [0.1, 0.15) is 9.67 Å². The lowest BCUT2D eigenvalue weighted by molar-refractivity contribution is 0.105. The zero-order valence-electron chi connectivity index (χ0n) is 9.96. The van der Waals surface area contributed by atoms with Crippen molar-refractivity contribution in [3.63, 3.8) is 0 Å². The second-order valence-corrected chi connectivity index (χ2v) is 4.83. The molecule has 0 bridgehead atoms. The molecule has 1 aromatic carbocycles. The molecule has 0 radical (unpaired) electrons. The van der Waals surface area contributed by atoms with Gasteiger partial charge in [-0.25, -0.2) is 0 Å². The van der Waals surface area contributed by atoms with E-state index in [2.05, 4.69) is 5.32 Å². The van der Waals surface area contributed by atoms with E-state index in [1.54, 1.807) is 12.3 Å². The molecule has 96 valence electrons. The van der Waals surface area contributed by atoms with Crippen molar-refractivity contribution < 1.29 is 14.3 Å². The van der Waals surface area contributed by atoms with Crippen LogP contribution in [0.3, 0.4) is 0 Å². The third-order valence-corrected chi connectivity index (χ3v) is 3.51. The molecule has 0 spiro atoms. The molecule has 0 fully saturated rings. The number of allylic oxidation sites excluding steroid dienone is 1. The number of ether oxygens (including phenoxy) is 2. The van der Waals surface area contributed by atoms with Gasteiger partial charge < -0.3 is 14.8 Å². The van der Waals surface area contributed by atoms with E-state index in [0.717, 1.165) is 16.3 Å². The third-order valence-electron chi connectivity index (χ3n) is 2.62. The Labute approximate surface area is 114 Å². The summed E-state index contributed by atoms with van der Waals surface area (Å²) >= 11 is 1.43. The Balaban J connectivity index is 1.64. The molecule has 1 aliphatic heterocycles. The van der Waals surface area contributed by atoms with Gasteiger partial charge in [0.2, 0.25) is 6.79 Å². The lowest BCUT2D eigenvalue weighted by Crippen LogP contribution is -1.93. The van der Waals surface area contributed by atoms with Crippen molar-refractivity contribution in [2.45, 2.75) is 0 Å². The van der Waals surface area contributed by atoms with Crippen molar-refractivity contribution in [2.24, 2.45) is 0 Å². The number of hydrogen-bond donors (Lipinski definition) is 1. The number of carbonyl (C=O) groups excluding carboxylic acids is 1. The third kappa shape index (κ3) is 2.61. The number of hydrogen-bond acceptors (Lipinski definition) is 5. The number of anilines is 1. The van der Waals surface area contributed by atoms with Gasteiger partial charge in [0.05, 0.1) is 4.88 Å². The summed E-state index contributed by atoms with van der Waals surface area (Å²) in [5, 5.41) is 4.92. The summed E-state index contributed by atoms with van der Waals surface area (Å²) in [7, 11) is 0. The molecule has 3 rings (SSSR count). The first kappa shape index (κ1) is 11.8. The maximum Gasteiger partial charge on any atom is 0.231 e. The average molecular weight is 273 g/mol. The molecule has 0 atom stereocenters. The summed E-state index contributed by atoms with van der Waals surface area (Å²) in [5.74, 6) is 1.44. The van der Waals surface area contributed by atoms with Gasteiger partial charge in [0.25, 0.3) is 0 Å². The summed E-state index contributed by atoms with van der Waals surface area (Å²) in [6.45, 7) is 0.255. The number of ketones is 1. The van der Waals surface area contributed by atoms with Crippen molar-refractivity contribution in [2.75, 3.05) is 12.1 Å². The minimum absolute atomic E-state index is 0.0109. The fourth-order valence-electron chi connectivity index (χ4n) is 1.70. The Hall–Kier alpha value is -2.27. The first-order chi connectivity index (χ1) is 9.33. The largest absolute Gasteiger partial charge is 0.454 e. The van der Waals surface area contributed by atoms with Gasteiger partial charge in [0, 0.05) is 24.0 Å². The minimum Gasteiger partial charge on any atom is -0.454 e. The number of rotatable bonds is 4. The molecule has 1 N–H and O–H groups in total. The monoisotopic (exact) mass is 273 g/mol. The van der Waals surface area contributed by atoms with Gasteiger partial charge >= 0.3 is 0 Å². The molecule has 0 amide bonds. The number of carbonyl (C=O) groups is 1. The number of nitrogens with one attached hydrogen (secondary N) is 1. The van der Waals surface area contributed by atoms with Gasteiger partial charge in [0.1, 0.15) is 0 Å². The van der Waals surface area contributed by atoms with Crippen molar-refractivity contribution in [3.05, 3.63) is 52.9 Å². The van der Waals surface area contributed by atoms with Gasteiger partial charge in [-0.1, -0.05) is 6.07 Å². The van der Waals surface area contributed by atoms with E-state index in [4.69, 9.17) is 9.47 Å². The van der Waals surface area contributed by atoms with E-state index in [0.29, 0.717) is 5.75 Å². The summed E-state index contributed by atoms with van der Waals surface area (Å²) < 4.78 is 10.5. The summed E-state index contributed by atoms with van der Waals surface area (Å²) in [6.07, 6.45) is 3.13. The van der Waals surface area contributed by atoms with Crippen molar-refractivity contribution in [3.8, 4) is 11.5 Å². The second-order valence-electron chi connectivity index (χ2n) is 3.89. The van der Waals surface area contributed by atoms with Gasteiger partial charge in [-0.15, -0.1) is 11.3 Å². The molecule has 4 nitrogen and oxygen atoms in total. The highest BCUT2D eigenvalue weighted by molar-refractivity contribution is 7.12. The molecule has 0 unspecified atom stereocenters. The quantitative estimate of drug-likeness (QED) is 0.686. The Morgan fingerprint density at radius 3 is 3.00 bits per heavy atom. The van der Waals surface area contributed by atoms with Crippen molar-refractivity contribution in [1.82, 2.24) is 0 Å². The van der Waals surface area contributed by atoms with Crippen molar-refractivity contribution >= 4 is 22.8 Å². The topological polar surface area (TPSA) is 47.6 Å². The molecule has 0 saturated heterocycles. The van der Waals surface area contributed by atoms with Gasteiger partial charge in [-0.3, -0.25) is 4.79 Å². The van der Waals surface area contributed by atoms with Crippen LogP contribution in [0.4, 0.5) is 5.69 Å². The highest BCUT2D eigenvalue weighted by atomic mass is 32.1. The molecular formula is C14H11NO3S. The van der Waals surface area contributed by atoms with E-state index in [1.165, 1.54) is 17.4 Å². The zero-order chi connectivity index (χ0) is 13.1. The maximum absolute atomic E-state index is 11.7. The van der Waals surface area contributed by atoms with E-state index < -0.39 is 0 Å². The lowest BCUT2D eigenvalue weighted by Gasteiger charge is -2.01. The van der Waals surface area contributed by atoms with Crippen LogP contribution < -0.4 is 14.8 Å². The first-order valence-electron chi connectivity index (χ1n) is 5.73. The predicted molar refractivity (Wildman–Crippen MR) is 74.0 cm³/mol. The van der Waals surface area contributed by atoms with Gasteiger partial charge in [-0.2, -0.15) is 0 Å². The Kier molecular flexibility index (Phi) is 3.20. The molecule has 1 aliphatic rings. The van der Waals surface area contributed by atoms with E-state index in [9.17, 15) is 4.79 Å². The van der Waals surface area contributed by atoms with Crippen LogP contribution in [0.5, 0.6) is 11.5 Å². The molecule has 0 saturated carbocycles. The molecule has 0 aliphatic carbocycles. The van der Waals surface area contributed by atoms with Crippen LogP contribution in [-0.4, -0.2) is 12.6 Å². The SMILES string of the molecule is O=C(/C=C/Nc1ccc2c(c1)OCO2)c1cccs1. The summed E-state index contributed by atoms with van der Waals surface area (Å²) in [4.78, 5) is 12.4. The van der Waals surface area contributed by atoms with E-state index >= 15 is 0 Å². The molecule has 2 heterocycles. The minimum atomic E-state index is -0.0109. The van der Waals surface area contributed by atoms with Gasteiger partial charge in [0.15, 0.2) is 17.3 Å². The van der Waals surface area contributed by atoms with Gasteiger partial charge in [-0.05, 0) is 23.6 Å². The van der Waals surface area contributed by atoms with Crippen LogP contribution in [0.25, 0.3) is 0 Å². The molecule has 19 heavy (non-hydrogen) atoms. The maximum atomic E-state index is 11.7. The summed E-state index contributed by atoms with van der Waals surface area (Å²) in [5.41, 5.74) is 0.847. The van der Waals surface area contributed by atoms with Crippen LogP contribution in [0.15, 0.2) is 48.0 Å². The zero-order valence-corrected chi connectivity index (χ0v) is 10.8. The smallest absolute Gasteiger partial charge is 0.231 e. The van der Waals surface area contributed by atoms with Crippen LogP contribution in [-0.2, 0) is 0 Å². The fourth-order valence-corrected chi connectivity index (χ4v) is 2.35. The van der Waals surface area contributed by atoms with Crippen molar-refractivity contribution in [1.29, 1.82) is 0 Å². The molecular weight excluding hydrogens is 262 g/mol. The normalized spacial score (nSPS) is 12.8. The molecule has 1 aromatic heterocycles. The fraction of sp³-hybridized carbons (Fsp3) is 0.0714. The second kappa shape index (κ2) is 5.16. The Bertz CT molecular complexity index is 620. The number of benzene rings is 1. The number of thiophene rings is 1. The summed E-state index contributed by atoms with van der Waals surface area (Å²) in [6, 6.07) is 9.20. The van der Waals surface area contributed by atoms with Crippen LogP contribution in [0, 0.1) is 0 Å². The first-order valence-corrected chi connectivity index (χ1v) is 6.61. The average Bonchev–Trinajstić information content (AvgIpc) is 3.09. The molecule has 5 heteroatoms. The molecule has 2 aromatic rings. The number of fused-ring (bicyclic) bond motifs is 1. The highest BCUT2D eigenvalue weighted by Crippen LogP contribution is 2.34. The van der Waals surface area contributed by atoms with Crippen LogP contribution in [0.2, 0.25) is 0 Å². The lowest BCUT2D eigenvalue weighted by atomic mass is 10.2. The standard InChI is InChI=1S/C14H11NO3S/c16-11(14-2-1-7-19-14)5-6-15-10-3-4-12-13(8-10)18-9-17-12/h1-8,15H,9H2/b6-5+. The van der Waals surface area contributed by atoms with E-state index in [-0.39, 0.29) is 12.6 Å². The highest BCUT2D eigenvalue weighted by Gasteiger charge is 2.12. The van der Waals surface area contributed by atoms with Crippen LogP contribution >= 0.6 is 11.3 Å². The predicted octanol–water partition coefficient (Wildman–Crippen LogP) is 3.29. The van der Waals surface area contributed by atoms with E-state index in [1.807, 2.05) is 29.6 Å². The Morgan fingerprint density at radius 1 is 1.26 bits per heavy atom. The Morgan fingerprint density at radius 2 is 2.16 bits per heavy atom.